The molecule has 0 fully saturated rings. The molecular weight excluding hydrogens is 305 g/mol. The molecule has 0 atom stereocenters. The molecule has 0 aromatic carbocycles. The lowest BCUT2D eigenvalue weighted by Gasteiger charge is -2.07. The number of aromatic nitrogens is 3. The molecule has 3 rings (SSSR count). The highest BCUT2D eigenvalue weighted by Crippen LogP contribution is 2.28. The van der Waals surface area contributed by atoms with Crippen LogP contribution in [0.2, 0.25) is 0 Å². The number of nitrogens with one attached hydrogen (secondary N) is 1. The zero-order valence-electron chi connectivity index (χ0n) is 12.4. The average Bonchev–Trinajstić information content (AvgIpc) is 2.88. The number of pyridine rings is 2. The molecule has 0 amide bonds. The largest absolute Gasteiger partial charge is 0.417 e. The highest BCUT2D eigenvalue weighted by Gasteiger charge is 2.30. The van der Waals surface area contributed by atoms with E-state index in [1.165, 1.54) is 6.07 Å². The standard InChI is InChI=1S/C16H15F3N4/c1-11-2-5-15-22-14(10-23(15)9-11)8-20-7-13-4-3-12(6-21-13)16(17,18)19/h2-6,9-10,20H,7-8H2,1H3. The van der Waals surface area contributed by atoms with Crippen molar-refractivity contribution in [3.8, 4) is 0 Å². The van der Waals surface area contributed by atoms with Gasteiger partial charge in [0.25, 0.3) is 0 Å². The van der Waals surface area contributed by atoms with Gasteiger partial charge in [-0.25, -0.2) is 4.98 Å². The molecule has 0 saturated heterocycles. The number of aryl methyl sites for hydroxylation is 1. The highest BCUT2D eigenvalue weighted by molar-refractivity contribution is 5.41. The van der Waals surface area contributed by atoms with Crippen molar-refractivity contribution in [1.29, 1.82) is 0 Å². The third kappa shape index (κ3) is 3.68. The first-order chi connectivity index (χ1) is 10.9. The third-order valence-corrected chi connectivity index (χ3v) is 3.41. The van der Waals surface area contributed by atoms with Gasteiger partial charge in [-0.15, -0.1) is 0 Å². The molecule has 7 heteroatoms. The summed E-state index contributed by atoms with van der Waals surface area (Å²) < 4.78 is 39.3. The number of hydrogen-bond donors (Lipinski definition) is 1. The van der Waals surface area contributed by atoms with Crippen LogP contribution in [0, 0.1) is 6.92 Å². The molecule has 0 unspecified atom stereocenters. The van der Waals surface area contributed by atoms with Crippen LogP contribution in [0.15, 0.2) is 42.9 Å². The smallest absolute Gasteiger partial charge is 0.307 e. The second-order valence-corrected chi connectivity index (χ2v) is 5.34. The normalized spacial score (nSPS) is 12.0. The molecule has 120 valence electrons. The van der Waals surface area contributed by atoms with Gasteiger partial charge in [-0.2, -0.15) is 13.2 Å². The van der Waals surface area contributed by atoms with E-state index in [9.17, 15) is 13.2 Å². The van der Waals surface area contributed by atoms with Crippen molar-refractivity contribution in [2.45, 2.75) is 26.2 Å². The molecule has 1 N–H and O–H groups in total. The Balaban J connectivity index is 1.60. The second kappa shape index (κ2) is 6.00. The van der Waals surface area contributed by atoms with Crippen molar-refractivity contribution >= 4 is 5.65 Å². The Hall–Kier alpha value is -2.41. The summed E-state index contributed by atoms with van der Waals surface area (Å²) in [6.07, 6.45) is 0.414. The van der Waals surface area contributed by atoms with Gasteiger partial charge in [-0.05, 0) is 30.7 Å². The van der Waals surface area contributed by atoms with Gasteiger partial charge in [0, 0.05) is 31.7 Å². The van der Waals surface area contributed by atoms with Crippen molar-refractivity contribution in [1.82, 2.24) is 19.7 Å². The van der Waals surface area contributed by atoms with Gasteiger partial charge in [0.15, 0.2) is 0 Å². The summed E-state index contributed by atoms with van der Waals surface area (Å²) in [6.45, 7) is 2.90. The van der Waals surface area contributed by atoms with Crippen LogP contribution in [-0.2, 0) is 19.3 Å². The fourth-order valence-electron chi connectivity index (χ4n) is 2.26. The van der Waals surface area contributed by atoms with Crippen LogP contribution < -0.4 is 5.32 Å². The SMILES string of the molecule is Cc1ccc2nc(CNCc3ccc(C(F)(F)F)cn3)cn2c1. The molecule has 0 aliphatic heterocycles. The van der Waals surface area contributed by atoms with Gasteiger partial charge < -0.3 is 9.72 Å². The maximum absolute atomic E-state index is 12.5. The predicted octanol–water partition coefficient (Wildman–Crippen LogP) is 3.35. The second-order valence-electron chi connectivity index (χ2n) is 5.34. The number of imidazole rings is 1. The van der Waals surface area contributed by atoms with Gasteiger partial charge in [0.1, 0.15) is 5.65 Å². The molecule has 3 heterocycles. The minimum Gasteiger partial charge on any atom is -0.307 e. The van der Waals surface area contributed by atoms with Crippen molar-refractivity contribution in [2.24, 2.45) is 0 Å². The van der Waals surface area contributed by atoms with Crippen LogP contribution in [0.4, 0.5) is 13.2 Å². The van der Waals surface area contributed by atoms with E-state index >= 15 is 0 Å². The number of nitrogens with zero attached hydrogens (tertiary/aromatic N) is 3. The minimum atomic E-state index is -4.35. The van der Waals surface area contributed by atoms with E-state index in [-0.39, 0.29) is 0 Å². The first-order valence-electron chi connectivity index (χ1n) is 7.09. The predicted molar refractivity (Wildman–Crippen MR) is 79.7 cm³/mol. The van der Waals surface area contributed by atoms with Crippen molar-refractivity contribution in [3.63, 3.8) is 0 Å². The van der Waals surface area contributed by atoms with Gasteiger partial charge in [0.05, 0.1) is 17.0 Å². The van der Waals surface area contributed by atoms with Crippen LogP contribution in [0.3, 0.4) is 0 Å². The molecule has 0 spiro atoms. The summed E-state index contributed by atoms with van der Waals surface area (Å²) in [5, 5.41) is 3.13. The number of halogens is 3. The van der Waals surface area contributed by atoms with Gasteiger partial charge >= 0.3 is 6.18 Å². The van der Waals surface area contributed by atoms with Crippen LogP contribution in [-0.4, -0.2) is 14.4 Å². The Bertz CT molecular complexity index is 806. The number of rotatable bonds is 4. The first-order valence-corrected chi connectivity index (χ1v) is 7.09. The summed E-state index contributed by atoms with van der Waals surface area (Å²) in [5.74, 6) is 0. The zero-order valence-corrected chi connectivity index (χ0v) is 12.4. The number of fused-ring (bicyclic) bond motifs is 1. The van der Waals surface area contributed by atoms with Crippen LogP contribution in [0.1, 0.15) is 22.5 Å². The lowest BCUT2D eigenvalue weighted by atomic mass is 10.2. The van der Waals surface area contributed by atoms with E-state index < -0.39 is 11.7 Å². The molecule has 0 aliphatic carbocycles. The molecule has 3 aromatic rings. The van der Waals surface area contributed by atoms with Crippen molar-refractivity contribution in [2.75, 3.05) is 0 Å². The lowest BCUT2D eigenvalue weighted by Crippen LogP contribution is -2.14. The molecule has 0 bridgehead atoms. The summed E-state index contributed by atoms with van der Waals surface area (Å²) in [6, 6.07) is 6.35. The molecule has 23 heavy (non-hydrogen) atoms. The summed E-state index contributed by atoms with van der Waals surface area (Å²) >= 11 is 0. The Morgan fingerprint density at radius 3 is 2.52 bits per heavy atom. The summed E-state index contributed by atoms with van der Waals surface area (Å²) in [4.78, 5) is 8.29. The van der Waals surface area contributed by atoms with E-state index in [0.717, 1.165) is 29.2 Å². The first kappa shape index (κ1) is 15.5. The van der Waals surface area contributed by atoms with Crippen LogP contribution >= 0.6 is 0 Å². The Labute approximate surface area is 131 Å². The average molecular weight is 320 g/mol. The van der Waals surface area contributed by atoms with Crippen molar-refractivity contribution in [3.05, 3.63) is 65.4 Å². The fourth-order valence-corrected chi connectivity index (χ4v) is 2.26. The maximum atomic E-state index is 12.5. The summed E-state index contributed by atoms with van der Waals surface area (Å²) in [7, 11) is 0. The number of alkyl halides is 3. The van der Waals surface area contributed by atoms with Gasteiger partial charge in [-0.3, -0.25) is 4.98 Å². The molecule has 0 saturated carbocycles. The Kier molecular flexibility index (Phi) is 4.04. The molecule has 4 nitrogen and oxygen atoms in total. The Morgan fingerprint density at radius 1 is 1.04 bits per heavy atom. The molecule has 0 aliphatic rings. The quantitative estimate of drug-likeness (QED) is 0.801. The molecular formula is C16H15F3N4. The van der Waals surface area contributed by atoms with E-state index in [0.29, 0.717) is 18.8 Å². The topological polar surface area (TPSA) is 42.2 Å². The van der Waals surface area contributed by atoms with E-state index in [1.807, 2.05) is 35.9 Å². The lowest BCUT2D eigenvalue weighted by molar-refractivity contribution is -0.137. The maximum Gasteiger partial charge on any atom is 0.417 e. The molecule has 3 aromatic heterocycles. The van der Waals surface area contributed by atoms with E-state index in [4.69, 9.17) is 0 Å². The van der Waals surface area contributed by atoms with Crippen LogP contribution in [0.25, 0.3) is 5.65 Å². The highest BCUT2D eigenvalue weighted by atomic mass is 19.4. The van der Waals surface area contributed by atoms with E-state index in [1.54, 1.807) is 0 Å². The van der Waals surface area contributed by atoms with E-state index in [2.05, 4.69) is 15.3 Å². The van der Waals surface area contributed by atoms with Gasteiger partial charge in [0.2, 0.25) is 0 Å². The molecule has 0 radical (unpaired) electrons. The van der Waals surface area contributed by atoms with Crippen molar-refractivity contribution < 1.29 is 13.2 Å². The third-order valence-electron chi connectivity index (χ3n) is 3.41. The summed E-state index contributed by atoms with van der Waals surface area (Å²) in [5.41, 5.74) is 2.68. The minimum absolute atomic E-state index is 0.380. The van der Waals surface area contributed by atoms with Crippen LogP contribution in [0.5, 0.6) is 0 Å². The monoisotopic (exact) mass is 320 g/mol. The fraction of sp³-hybridized carbons (Fsp3) is 0.250. The van der Waals surface area contributed by atoms with Gasteiger partial charge in [-0.1, -0.05) is 6.07 Å². The zero-order chi connectivity index (χ0) is 16.4. The Morgan fingerprint density at radius 2 is 1.83 bits per heavy atom. The number of hydrogen-bond acceptors (Lipinski definition) is 3.